The van der Waals surface area contributed by atoms with Crippen LogP contribution in [0.5, 0.6) is 0 Å². The summed E-state index contributed by atoms with van der Waals surface area (Å²) in [5, 5.41) is 0. The Morgan fingerprint density at radius 3 is 1.03 bits per heavy atom. The van der Waals surface area contributed by atoms with Gasteiger partial charge in [-0.15, -0.1) is 0 Å². The molecule has 0 radical (unpaired) electrons. The highest BCUT2D eigenvalue weighted by Gasteiger charge is 2.16. The average Bonchev–Trinajstić information content (AvgIpc) is 2.94. The van der Waals surface area contributed by atoms with Gasteiger partial charge >= 0.3 is 0 Å². The maximum Gasteiger partial charge on any atom is 0.0237 e. The topological polar surface area (TPSA) is 9.72 Å². The molecule has 2 bridgehead atoms. The van der Waals surface area contributed by atoms with E-state index in [0.29, 0.717) is 0 Å². The molecule has 0 aromatic heterocycles. The Labute approximate surface area is 216 Å². The second kappa shape index (κ2) is 12.6. The van der Waals surface area contributed by atoms with Crippen molar-refractivity contribution in [3.8, 4) is 0 Å². The summed E-state index contributed by atoms with van der Waals surface area (Å²) in [4.78, 5) is 7.84. The molecule has 2 heterocycles. The van der Waals surface area contributed by atoms with Crippen LogP contribution in [0.25, 0.3) is 0 Å². The third kappa shape index (κ3) is 7.38. The molecule has 36 heavy (non-hydrogen) atoms. The number of hydrogen-bond donors (Lipinski definition) is 0. The average molecular weight is 476 g/mol. The second-order valence-electron chi connectivity index (χ2n) is 9.97. The molecule has 3 nitrogen and oxygen atoms in total. The Bertz CT molecular complexity index is 1090. The van der Waals surface area contributed by atoms with E-state index in [2.05, 4.69) is 130 Å². The minimum absolute atomic E-state index is 0.974. The largest absolute Gasteiger partial charge is 0.297 e. The lowest BCUT2D eigenvalue weighted by molar-refractivity contribution is 0.159. The van der Waals surface area contributed by atoms with Crippen molar-refractivity contribution >= 4 is 0 Å². The highest BCUT2D eigenvalue weighted by molar-refractivity contribution is 5.24. The molecule has 0 aliphatic carbocycles. The van der Waals surface area contributed by atoms with E-state index in [1.165, 1.54) is 27.8 Å². The first-order valence-corrected chi connectivity index (χ1v) is 13.2. The van der Waals surface area contributed by atoms with Crippen molar-refractivity contribution in [1.29, 1.82) is 0 Å². The van der Waals surface area contributed by atoms with Gasteiger partial charge in [0.1, 0.15) is 0 Å². The first-order chi connectivity index (χ1) is 17.8. The molecule has 6 rings (SSSR count). The molecule has 0 amide bonds. The maximum absolute atomic E-state index is 2.64. The molecule has 184 valence electrons. The molecule has 2 aliphatic heterocycles. The van der Waals surface area contributed by atoms with Crippen LogP contribution in [0, 0.1) is 0 Å². The van der Waals surface area contributed by atoms with E-state index in [9.17, 15) is 0 Å². The van der Waals surface area contributed by atoms with E-state index in [1.807, 2.05) is 0 Å². The summed E-state index contributed by atoms with van der Waals surface area (Å²) in [6, 6.07) is 42.0. The molecule has 2 aliphatic rings. The fraction of sp³-hybridized carbons (Fsp3) is 0.273. The first-order valence-electron chi connectivity index (χ1n) is 13.2. The molecule has 0 saturated carbocycles. The minimum Gasteiger partial charge on any atom is -0.297 e. The predicted molar refractivity (Wildman–Crippen MR) is 149 cm³/mol. The van der Waals surface area contributed by atoms with E-state index in [0.717, 1.165) is 58.9 Å². The van der Waals surface area contributed by atoms with Gasteiger partial charge in [-0.25, -0.2) is 0 Å². The summed E-state index contributed by atoms with van der Waals surface area (Å²) in [6.07, 6.45) is 0. The van der Waals surface area contributed by atoms with Crippen LogP contribution in [0.3, 0.4) is 0 Å². The van der Waals surface area contributed by atoms with Crippen molar-refractivity contribution < 1.29 is 0 Å². The third-order valence-corrected chi connectivity index (χ3v) is 7.05. The standard InChI is InChI=1S/C33H37N3/c1-4-10-29(11-5-1)24-34-20-22-35(25-30-12-6-2-7-13-30)27-32-16-18-33(19-17-32)28-36(23-21-34)26-31-14-8-3-9-15-31/h1-19H,20-28H2. The lowest BCUT2D eigenvalue weighted by Gasteiger charge is -2.30. The van der Waals surface area contributed by atoms with E-state index in [4.69, 9.17) is 0 Å². The Kier molecular flexibility index (Phi) is 8.59. The van der Waals surface area contributed by atoms with Gasteiger partial charge in [0.2, 0.25) is 0 Å². The number of fused-ring (bicyclic) bond motifs is 10. The second-order valence-corrected chi connectivity index (χ2v) is 9.97. The summed E-state index contributed by atoms with van der Waals surface area (Å²) < 4.78 is 0. The molecule has 4 aromatic carbocycles. The van der Waals surface area contributed by atoms with Crippen LogP contribution in [0.1, 0.15) is 27.8 Å². The van der Waals surface area contributed by atoms with E-state index in [1.54, 1.807) is 0 Å². The van der Waals surface area contributed by atoms with Gasteiger partial charge in [0.15, 0.2) is 0 Å². The first kappa shape index (κ1) is 24.5. The molecular weight excluding hydrogens is 438 g/mol. The lowest BCUT2D eigenvalue weighted by Crippen LogP contribution is -2.38. The van der Waals surface area contributed by atoms with Crippen LogP contribution in [0.2, 0.25) is 0 Å². The monoisotopic (exact) mass is 475 g/mol. The van der Waals surface area contributed by atoms with E-state index < -0.39 is 0 Å². The summed E-state index contributed by atoms with van der Waals surface area (Å²) in [5.74, 6) is 0. The Hall–Kier alpha value is -3.24. The van der Waals surface area contributed by atoms with Crippen LogP contribution >= 0.6 is 0 Å². The zero-order valence-corrected chi connectivity index (χ0v) is 21.2. The molecule has 0 saturated heterocycles. The lowest BCUT2D eigenvalue weighted by atomic mass is 10.1. The van der Waals surface area contributed by atoms with Crippen LogP contribution in [-0.4, -0.2) is 40.9 Å². The Morgan fingerprint density at radius 1 is 0.361 bits per heavy atom. The fourth-order valence-corrected chi connectivity index (χ4v) is 5.05. The Balaban J connectivity index is 1.37. The van der Waals surface area contributed by atoms with Crippen molar-refractivity contribution in [3.05, 3.63) is 143 Å². The van der Waals surface area contributed by atoms with Crippen molar-refractivity contribution in [1.82, 2.24) is 14.7 Å². The minimum atomic E-state index is 0.974. The molecular formula is C33H37N3. The van der Waals surface area contributed by atoms with Crippen LogP contribution < -0.4 is 0 Å². The van der Waals surface area contributed by atoms with Crippen molar-refractivity contribution in [2.75, 3.05) is 26.2 Å². The van der Waals surface area contributed by atoms with E-state index >= 15 is 0 Å². The van der Waals surface area contributed by atoms with Crippen LogP contribution in [0.15, 0.2) is 115 Å². The number of nitrogens with zero attached hydrogens (tertiary/aromatic N) is 3. The van der Waals surface area contributed by atoms with Crippen LogP contribution in [0.4, 0.5) is 0 Å². The van der Waals surface area contributed by atoms with Crippen molar-refractivity contribution in [2.24, 2.45) is 0 Å². The smallest absolute Gasteiger partial charge is 0.0237 e. The molecule has 0 fully saturated rings. The molecule has 0 spiro atoms. The number of hydrogen-bond acceptors (Lipinski definition) is 3. The Morgan fingerprint density at radius 2 is 0.667 bits per heavy atom. The number of benzene rings is 4. The van der Waals surface area contributed by atoms with Gasteiger partial charge < -0.3 is 0 Å². The highest BCUT2D eigenvalue weighted by Crippen LogP contribution is 2.16. The maximum atomic E-state index is 2.64. The van der Waals surface area contributed by atoms with Gasteiger partial charge in [-0.3, -0.25) is 14.7 Å². The molecule has 3 heteroatoms. The molecule has 0 N–H and O–H groups in total. The van der Waals surface area contributed by atoms with E-state index in [-0.39, 0.29) is 0 Å². The van der Waals surface area contributed by atoms with Crippen molar-refractivity contribution in [2.45, 2.75) is 32.7 Å². The summed E-state index contributed by atoms with van der Waals surface area (Å²) in [6.45, 7) is 9.08. The van der Waals surface area contributed by atoms with Gasteiger partial charge in [-0.2, -0.15) is 0 Å². The van der Waals surface area contributed by atoms with Gasteiger partial charge in [-0.05, 0) is 27.8 Å². The van der Waals surface area contributed by atoms with Gasteiger partial charge in [0.05, 0.1) is 0 Å². The predicted octanol–water partition coefficient (Wildman–Crippen LogP) is 6.21. The SMILES string of the molecule is c1ccc(CN2CCN(Cc3ccccc3)Cc3ccc(cc3)CN(Cc3ccccc3)CC2)cc1. The summed E-state index contributed by atoms with van der Waals surface area (Å²) >= 11 is 0. The zero-order valence-electron chi connectivity index (χ0n) is 21.2. The van der Waals surface area contributed by atoms with Crippen LogP contribution in [-0.2, 0) is 32.7 Å². The quantitative estimate of drug-likeness (QED) is 0.307. The van der Waals surface area contributed by atoms with Gasteiger partial charge in [-0.1, -0.05) is 115 Å². The third-order valence-electron chi connectivity index (χ3n) is 7.05. The summed E-state index contributed by atoms with van der Waals surface area (Å²) in [7, 11) is 0. The number of rotatable bonds is 6. The highest BCUT2D eigenvalue weighted by atomic mass is 15.2. The van der Waals surface area contributed by atoms with Crippen molar-refractivity contribution in [3.63, 3.8) is 0 Å². The fourth-order valence-electron chi connectivity index (χ4n) is 5.05. The molecule has 0 unspecified atom stereocenters. The molecule has 4 aromatic rings. The summed E-state index contributed by atoms with van der Waals surface area (Å²) in [5.41, 5.74) is 6.92. The van der Waals surface area contributed by atoms with Gasteiger partial charge in [0, 0.05) is 58.9 Å². The normalized spacial score (nSPS) is 16.2. The molecule has 0 atom stereocenters. The van der Waals surface area contributed by atoms with Gasteiger partial charge in [0.25, 0.3) is 0 Å². The zero-order chi connectivity index (χ0) is 24.4.